The Morgan fingerprint density at radius 2 is 2.18 bits per heavy atom. The third-order valence-electron chi connectivity index (χ3n) is 4.32. The summed E-state index contributed by atoms with van der Waals surface area (Å²) >= 11 is 1.72. The van der Waals surface area contributed by atoms with Crippen LogP contribution in [0.1, 0.15) is 19.8 Å². The minimum Gasteiger partial charge on any atom is -0.512 e. The molecule has 0 aliphatic carbocycles. The lowest BCUT2D eigenvalue weighted by Crippen LogP contribution is -2.39. The Kier molecular flexibility index (Phi) is 4.19. The summed E-state index contributed by atoms with van der Waals surface area (Å²) in [7, 11) is 1.33. The summed E-state index contributed by atoms with van der Waals surface area (Å²) in [6.07, 6.45) is 0.845. The molecule has 4 nitrogen and oxygen atoms in total. The van der Waals surface area contributed by atoms with Crippen LogP contribution < -0.4 is 0 Å². The Hall–Kier alpha value is -1.46. The summed E-state index contributed by atoms with van der Waals surface area (Å²) < 4.78 is 11.0. The normalized spacial score (nSPS) is 30.5. The summed E-state index contributed by atoms with van der Waals surface area (Å²) in [6, 6.07) is 10.1. The SMILES string of the molecule is COC(=O)C1=C(O)C[C@]2(CSc3ccccc3)C[C@@H](C)[C@H]1O2. The van der Waals surface area contributed by atoms with Gasteiger partial charge in [0.2, 0.25) is 0 Å². The molecule has 2 bridgehead atoms. The summed E-state index contributed by atoms with van der Waals surface area (Å²) in [4.78, 5) is 13.0. The molecule has 0 unspecified atom stereocenters. The minimum absolute atomic E-state index is 0.126. The Labute approximate surface area is 134 Å². The molecule has 0 spiro atoms. The van der Waals surface area contributed by atoms with Crippen molar-refractivity contribution >= 4 is 17.7 Å². The van der Waals surface area contributed by atoms with Crippen LogP contribution in [0.2, 0.25) is 0 Å². The van der Waals surface area contributed by atoms with Crippen molar-refractivity contribution in [3.63, 3.8) is 0 Å². The van der Waals surface area contributed by atoms with Gasteiger partial charge in [0.25, 0.3) is 0 Å². The lowest BCUT2D eigenvalue weighted by atomic mass is 9.94. The van der Waals surface area contributed by atoms with Gasteiger partial charge in [0.05, 0.1) is 18.8 Å². The number of fused-ring (bicyclic) bond motifs is 2. The fourth-order valence-electron chi connectivity index (χ4n) is 3.37. The molecule has 22 heavy (non-hydrogen) atoms. The quantitative estimate of drug-likeness (QED) is 0.681. The second kappa shape index (κ2) is 5.97. The van der Waals surface area contributed by atoms with E-state index < -0.39 is 11.6 Å². The van der Waals surface area contributed by atoms with E-state index in [9.17, 15) is 9.90 Å². The second-order valence-electron chi connectivity index (χ2n) is 6.03. The molecular weight excluding hydrogens is 300 g/mol. The Morgan fingerprint density at radius 3 is 2.86 bits per heavy atom. The van der Waals surface area contributed by atoms with Crippen molar-refractivity contribution < 1.29 is 19.4 Å². The van der Waals surface area contributed by atoms with E-state index in [1.165, 1.54) is 12.0 Å². The van der Waals surface area contributed by atoms with Gasteiger partial charge in [-0.25, -0.2) is 4.79 Å². The fourth-order valence-corrected chi connectivity index (χ4v) is 4.44. The second-order valence-corrected chi connectivity index (χ2v) is 7.08. The van der Waals surface area contributed by atoms with Gasteiger partial charge in [0, 0.05) is 17.1 Å². The fraction of sp³-hybridized carbons (Fsp3) is 0.471. The van der Waals surface area contributed by atoms with Gasteiger partial charge in [-0.3, -0.25) is 0 Å². The van der Waals surface area contributed by atoms with Gasteiger partial charge in [-0.15, -0.1) is 11.8 Å². The number of ether oxygens (including phenoxy) is 2. The maximum Gasteiger partial charge on any atom is 0.339 e. The molecule has 1 aromatic carbocycles. The number of aliphatic hydroxyl groups is 1. The highest BCUT2D eigenvalue weighted by atomic mass is 32.2. The van der Waals surface area contributed by atoms with Gasteiger partial charge in [-0.1, -0.05) is 25.1 Å². The summed E-state index contributed by atoms with van der Waals surface area (Å²) in [5.74, 6) is 0.591. The molecule has 0 radical (unpaired) electrons. The molecule has 3 atom stereocenters. The van der Waals surface area contributed by atoms with Crippen molar-refractivity contribution in [3.8, 4) is 0 Å². The molecule has 2 aliphatic rings. The van der Waals surface area contributed by atoms with Crippen LogP contribution in [-0.4, -0.2) is 35.6 Å². The number of aliphatic hydroxyl groups excluding tert-OH is 1. The van der Waals surface area contributed by atoms with Crippen LogP contribution in [-0.2, 0) is 14.3 Å². The van der Waals surface area contributed by atoms with E-state index in [1.807, 2.05) is 18.2 Å². The maximum absolute atomic E-state index is 11.9. The molecular formula is C17H20O4S. The molecule has 0 aromatic heterocycles. The van der Waals surface area contributed by atoms with Crippen molar-refractivity contribution in [2.24, 2.45) is 5.92 Å². The first-order chi connectivity index (χ1) is 10.5. The van der Waals surface area contributed by atoms with Gasteiger partial charge in [0.1, 0.15) is 11.3 Å². The number of thioether (sulfide) groups is 1. The van der Waals surface area contributed by atoms with E-state index in [1.54, 1.807) is 11.8 Å². The number of rotatable bonds is 4. The van der Waals surface area contributed by atoms with Crippen LogP contribution >= 0.6 is 11.8 Å². The highest BCUT2D eigenvalue weighted by Gasteiger charge is 2.52. The summed E-state index contributed by atoms with van der Waals surface area (Å²) in [6.45, 7) is 2.06. The molecule has 1 N–H and O–H groups in total. The van der Waals surface area contributed by atoms with Crippen molar-refractivity contribution in [3.05, 3.63) is 41.7 Å². The first-order valence-corrected chi connectivity index (χ1v) is 8.39. The third kappa shape index (κ3) is 2.75. The third-order valence-corrected chi connectivity index (χ3v) is 5.60. The Bertz CT molecular complexity index is 598. The number of methoxy groups -OCH3 is 1. The molecule has 0 saturated carbocycles. The first-order valence-electron chi connectivity index (χ1n) is 7.41. The van der Waals surface area contributed by atoms with Crippen LogP contribution in [0.4, 0.5) is 0 Å². The van der Waals surface area contributed by atoms with Crippen LogP contribution in [0.25, 0.3) is 0 Å². The highest BCUT2D eigenvalue weighted by molar-refractivity contribution is 7.99. The minimum atomic E-state index is -0.486. The van der Waals surface area contributed by atoms with Crippen LogP contribution in [0, 0.1) is 5.92 Å². The molecule has 2 aliphatic heterocycles. The van der Waals surface area contributed by atoms with E-state index in [-0.39, 0.29) is 17.8 Å². The van der Waals surface area contributed by atoms with Gasteiger partial charge < -0.3 is 14.6 Å². The molecule has 3 rings (SSSR count). The van der Waals surface area contributed by atoms with E-state index in [0.717, 1.165) is 12.2 Å². The Morgan fingerprint density at radius 1 is 1.45 bits per heavy atom. The molecule has 118 valence electrons. The van der Waals surface area contributed by atoms with Gasteiger partial charge in [0.15, 0.2) is 0 Å². The van der Waals surface area contributed by atoms with Crippen molar-refractivity contribution in [2.75, 3.05) is 12.9 Å². The van der Waals surface area contributed by atoms with Gasteiger partial charge in [-0.05, 0) is 24.5 Å². The molecule has 1 aromatic rings. The number of hydrogen-bond acceptors (Lipinski definition) is 5. The largest absolute Gasteiger partial charge is 0.512 e. The standard InChI is InChI=1S/C17H20O4S/c1-11-8-17(10-22-12-6-4-3-5-7-12)9-13(18)14(15(11)21-17)16(19)20-2/h3-7,11,15,18H,8-10H2,1-2H3/t11-,15-,17+/m1/s1. The molecule has 5 heteroatoms. The molecule has 1 saturated heterocycles. The van der Waals surface area contributed by atoms with Gasteiger partial charge in [-0.2, -0.15) is 0 Å². The topological polar surface area (TPSA) is 55.8 Å². The summed E-state index contributed by atoms with van der Waals surface area (Å²) in [5.41, 5.74) is -0.0977. The molecule has 1 fully saturated rings. The van der Waals surface area contributed by atoms with Crippen molar-refractivity contribution in [2.45, 2.75) is 36.4 Å². The average Bonchev–Trinajstić information content (AvgIpc) is 2.78. The van der Waals surface area contributed by atoms with Gasteiger partial charge >= 0.3 is 5.97 Å². The highest BCUT2D eigenvalue weighted by Crippen LogP contribution is 2.48. The number of carbonyl (C=O) groups is 1. The Balaban J connectivity index is 1.79. The van der Waals surface area contributed by atoms with E-state index >= 15 is 0 Å². The predicted octanol–water partition coefficient (Wildman–Crippen LogP) is 3.33. The number of esters is 1. The lowest BCUT2D eigenvalue weighted by molar-refractivity contribution is -0.139. The molecule has 0 amide bonds. The van der Waals surface area contributed by atoms with Crippen molar-refractivity contribution in [1.29, 1.82) is 0 Å². The zero-order chi connectivity index (χ0) is 15.7. The summed E-state index contributed by atoms with van der Waals surface area (Å²) in [5, 5.41) is 10.3. The number of hydrogen-bond donors (Lipinski definition) is 1. The lowest BCUT2D eigenvalue weighted by Gasteiger charge is -2.33. The zero-order valence-electron chi connectivity index (χ0n) is 12.7. The zero-order valence-corrected chi connectivity index (χ0v) is 13.6. The van der Waals surface area contributed by atoms with Crippen LogP contribution in [0.3, 0.4) is 0 Å². The van der Waals surface area contributed by atoms with E-state index in [2.05, 4.69) is 19.1 Å². The number of benzene rings is 1. The van der Waals surface area contributed by atoms with Crippen LogP contribution in [0.15, 0.2) is 46.6 Å². The number of carbonyl (C=O) groups excluding carboxylic acids is 1. The first kappa shape index (κ1) is 15.4. The monoisotopic (exact) mass is 320 g/mol. The molecule has 2 heterocycles. The van der Waals surface area contributed by atoms with Crippen molar-refractivity contribution in [1.82, 2.24) is 0 Å². The van der Waals surface area contributed by atoms with Crippen LogP contribution in [0.5, 0.6) is 0 Å². The van der Waals surface area contributed by atoms with E-state index in [4.69, 9.17) is 9.47 Å². The van der Waals surface area contributed by atoms with E-state index in [0.29, 0.717) is 12.0 Å². The predicted molar refractivity (Wildman–Crippen MR) is 84.8 cm³/mol. The smallest absolute Gasteiger partial charge is 0.339 e. The maximum atomic E-state index is 11.9. The average molecular weight is 320 g/mol.